The van der Waals surface area contributed by atoms with Gasteiger partial charge in [-0.2, -0.15) is 0 Å². The van der Waals surface area contributed by atoms with Crippen LogP contribution in [0, 0.1) is 10.1 Å². The number of amides is 1. The van der Waals surface area contributed by atoms with E-state index in [2.05, 4.69) is 10.6 Å². The smallest absolute Gasteiger partial charge is 0.274 e. The summed E-state index contributed by atoms with van der Waals surface area (Å²) in [5, 5.41) is 16.6. The third-order valence-corrected chi connectivity index (χ3v) is 3.67. The molecule has 2 N–H and O–H groups in total. The molecule has 0 heterocycles. The summed E-state index contributed by atoms with van der Waals surface area (Å²) < 4.78 is 0. The van der Waals surface area contributed by atoms with Crippen LogP contribution in [0.5, 0.6) is 0 Å². The maximum Gasteiger partial charge on any atom is 0.274 e. The summed E-state index contributed by atoms with van der Waals surface area (Å²) in [6, 6.07) is 11.4. The lowest BCUT2D eigenvalue weighted by Crippen LogP contribution is -2.21. The van der Waals surface area contributed by atoms with E-state index in [1.54, 1.807) is 36.4 Å². The predicted molar refractivity (Wildman–Crippen MR) is 96.0 cm³/mol. The Hall–Kier alpha value is -3.22. The molecule has 0 unspecified atom stereocenters. The van der Waals surface area contributed by atoms with Crippen molar-refractivity contribution in [3.63, 3.8) is 0 Å². The van der Waals surface area contributed by atoms with Crippen molar-refractivity contribution >= 4 is 28.8 Å². The van der Waals surface area contributed by atoms with Gasteiger partial charge >= 0.3 is 0 Å². The monoisotopic (exact) mass is 341 g/mol. The van der Waals surface area contributed by atoms with E-state index in [1.807, 2.05) is 6.92 Å². The fraction of sp³-hybridized carbons (Fsp3) is 0.222. The zero-order chi connectivity index (χ0) is 18.4. The molecule has 0 aliphatic heterocycles. The van der Waals surface area contributed by atoms with E-state index >= 15 is 0 Å². The highest BCUT2D eigenvalue weighted by molar-refractivity contribution is 5.98. The van der Waals surface area contributed by atoms with E-state index in [0.717, 1.165) is 0 Å². The van der Waals surface area contributed by atoms with E-state index < -0.39 is 4.92 Å². The van der Waals surface area contributed by atoms with Crippen molar-refractivity contribution in [2.75, 3.05) is 17.2 Å². The van der Waals surface area contributed by atoms with Gasteiger partial charge in [-0.3, -0.25) is 19.7 Å². The highest BCUT2D eigenvalue weighted by Gasteiger charge is 2.13. The van der Waals surface area contributed by atoms with Gasteiger partial charge in [0.05, 0.1) is 11.5 Å². The highest BCUT2D eigenvalue weighted by atomic mass is 16.6. The second kappa shape index (κ2) is 8.05. The standard InChI is InChI=1S/C18H19N3O4/c1-3-13-7-8-15(10-17(13)21(24)25)19-11-18(23)20-16-6-4-5-14(9-16)12(2)22/h4-10,19H,3,11H2,1-2H3,(H,20,23). The number of hydrogen-bond donors (Lipinski definition) is 2. The summed E-state index contributed by atoms with van der Waals surface area (Å²) in [5.74, 6) is -0.402. The molecule has 0 radical (unpaired) electrons. The first kappa shape index (κ1) is 18.1. The molecule has 0 bridgehead atoms. The van der Waals surface area contributed by atoms with Crippen LogP contribution >= 0.6 is 0 Å². The van der Waals surface area contributed by atoms with Crippen molar-refractivity contribution in [2.24, 2.45) is 0 Å². The number of rotatable bonds is 7. The van der Waals surface area contributed by atoms with Gasteiger partial charge < -0.3 is 10.6 Å². The van der Waals surface area contributed by atoms with Crippen LogP contribution in [-0.4, -0.2) is 23.2 Å². The largest absolute Gasteiger partial charge is 0.376 e. The SMILES string of the molecule is CCc1ccc(NCC(=O)Nc2cccc(C(C)=O)c2)cc1[N+](=O)[O-]. The average Bonchev–Trinajstić information content (AvgIpc) is 2.59. The molecule has 0 aromatic heterocycles. The summed E-state index contributed by atoms with van der Waals surface area (Å²) in [6.07, 6.45) is 0.559. The van der Waals surface area contributed by atoms with E-state index in [9.17, 15) is 19.7 Å². The highest BCUT2D eigenvalue weighted by Crippen LogP contribution is 2.23. The number of nitro benzene ring substituents is 1. The lowest BCUT2D eigenvalue weighted by Gasteiger charge is -2.09. The van der Waals surface area contributed by atoms with Crippen molar-refractivity contribution < 1.29 is 14.5 Å². The molecule has 0 fully saturated rings. The quantitative estimate of drug-likeness (QED) is 0.456. The molecule has 7 heteroatoms. The maximum atomic E-state index is 12.0. The first-order valence-corrected chi connectivity index (χ1v) is 7.82. The second-order valence-electron chi connectivity index (χ2n) is 5.49. The van der Waals surface area contributed by atoms with E-state index in [4.69, 9.17) is 0 Å². The topological polar surface area (TPSA) is 101 Å². The maximum absolute atomic E-state index is 12.0. The van der Waals surface area contributed by atoms with Gasteiger partial charge in [0.15, 0.2) is 5.78 Å². The summed E-state index contributed by atoms with van der Waals surface area (Å²) in [4.78, 5) is 34.0. The number of nitrogens with zero attached hydrogens (tertiary/aromatic N) is 1. The number of aryl methyl sites for hydroxylation is 1. The van der Waals surface area contributed by atoms with Crippen LogP contribution in [0.25, 0.3) is 0 Å². The molecule has 1 amide bonds. The molecule has 7 nitrogen and oxygen atoms in total. The summed E-state index contributed by atoms with van der Waals surface area (Å²) in [7, 11) is 0. The van der Waals surface area contributed by atoms with Crippen molar-refractivity contribution in [3.8, 4) is 0 Å². The second-order valence-corrected chi connectivity index (χ2v) is 5.49. The molecule has 2 rings (SSSR count). The van der Waals surface area contributed by atoms with Gasteiger partial charge in [0.1, 0.15) is 0 Å². The van der Waals surface area contributed by atoms with Gasteiger partial charge in [-0.25, -0.2) is 0 Å². The first-order valence-electron chi connectivity index (χ1n) is 7.82. The molecule has 0 spiro atoms. The Morgan fingerprint density at radius 1 is 1.12 bits per heavy atom. The summed E-state index contributed by atoms with van der Waals surface area (Å²) >= 11 is 0. The Labute approximate surface area is 145 Å². The number of hydrogen-bond acceptors (Lipinski definition) is 5. The zero-order valence-corrected chi connectivity index (χ0v) is 14.0. The molecular formula is C18H19N3O4. The molecule has 0 aliphatic rings. The van der Waals surface area contributed by atoms with E-state index in [0.29, 0.717) is 28.9 Å². The van der Waals surface area contributed by atoms with Crippen LogP contribution in [0.1, 0.15) is 29.8 Å². The van der Waals surface area contributed by atoms with E-state index in [1.165, 1.54) is 13.0 Å². The molecule has 0 atom stereocenters. The fourth-order valence-electron chi connectivity index (χ4n) is 2.35. The minimum atomic E-state index is -0.433. The van der Waals surface area contributed by atoms with Gasteiger partial charge in [-0.05, 0) is 31.5 Å². The third kappa shape index (κ3) is 4.87. The minimum Gasteiger partial charge on any atom is -0.376 e. The Balaban J connectivity index is 2.00. The van der Waals surface area contributed by atoms with Crippen LogP contribution in [0.2, 0.25) is 0 Å². The molecule has 25 heavy (non-hydrogen) atoms. The normalized spacial score (nSPS) is 10.2. The predicted octanol–water partition coefficient (Wildman–Crippen LogP) is 3.41. The number of benzene rings is 2. The van der Waals surface area contributed by atoms with Crippen LogP contribution < -0.4 is 10.6 Å². The number of Topliss-reactive ketones (excluding diaryl/α,β-unsaturated/α-hetero) is 1. The van der Waals surface area contributed by atoms with Crippen molar-refractivity contribution in [1.82, 2.24) is 0 Å². The van der Waals surface area contributed by atoms with Crippen molar-refractivity contribution in [3.05, 3.63) is 63.7 Å². The number of carbonyl (C=O) groups is 2. The third-order valence-electron chi connectivity index (χ3n) is 3.67. The van der Waals surface area contributed by atoms with Gasteiger partial charge in [-0.1, -0.05) is 25.1 Å². The average molecular weight is 341 g/mol. The number of nitro groups is 1. The van der Waals surface area contributed by atoms with Crippen molar-refractivity contribution in [2.45, 2.75) is 20.3 Å². The molecule has 0 saturated carbocycles. The summed E-state index contributed by atoms with van der Waals surface area (Å²) in [6.45, 7) is 3.25. The Morgan fingerprint density at radius 3 is 2.52 bits per heavy atom. The zero-order valence-electron chi connectivity index (χ0n) is 14.0. The van der Waals surface area contributed by atoms with Crippen LogP contribution in [0.15, 0.2) is 42.5 Å². The molecule has 2 aromatic carbocycles. The Morgan fingerprint density at radius 2 is 1.88 bits per heavy atom. The van der Waals surface area contributed by atoms with Crippen molar-refractivity contribution in [1.29, 1.82) is 0 Å². The summed E-state index contributed by atoms with van der Waals surface area (Å²) in [5.41, 5.74) is 2.20. The lowest BCUT2D eigenvalue weighted by atomic mass is 10.1. The number of anilines is 2. The Bertz CT molecular complexity index is 818. The molecular weight excluding hydrogens is 322 g/mol. The Kier molecular flexibility index (Phi) is 5.84. The van der Waals surface area contributed by atoms with Gasteiger partial charge in [-0.15, -0.1) is 0 Å². The molecule has 0 aliphatic carbocycles. The molecule has 0 saturated heterocycles. The fourth-order valence-corrected chi connectivity index (χ4v) is 2.35. The van der Waals surface area contributed by atoms with Crippen LogP contribution in [-0.2, 0) is 11.2 Å². The lowest BCUT2D eigenvalue weighted by molar-refractivity contribution is -0.385. The molecule has 2 aromatic rings. The van der Waals surface area contributed by atoms with E-state index in [-0.39, 0.29) is 23.9 Å². The number of nitrogens with one attached hydrogen (secondary N) is 2. The number of ketones is 1. The number of carbonyl (C=O) groups excluding carboxylic acids is 2. The van der Waals surface area contributed by atoms with Gasteiger partial charge in [0.2, 0.25) is 5.91 Å². The van der Waals surface area contributed by atoms with Gasteiger partial charge in [0.25, 0.3) is 5.69 Å². The first-order chi connectivity index (χ1) is 11.9. The van der Waals surface area contributed by atoms with Gasteiger partial charge in [0, 0.05) is 28.6 Å². The van der Waals surface area contributed by atoms with Crippen LogP contribution in [0.3, 0.4) is 0 Å². The molecule has 130 valence electrons. The van der Waals surface area contributed by atoms with Crippen LogP contribution in [0.4, 0.5) is 17.1 Å². The minimum absolute atomic E-state index is 0.0297.